The first kappa shape index (κ1) is 9.65. The zero-order valence-corrected chi connectivity index (χ0v) is 7.77. The number of rotatable bonds is 5. The number of hydrogen-bond donors (Lipinski definition) is 0. The fourth-order valence-electron chi connectivity index (χ4n) is 0.966. The third-order valence-corrected chi connectivity index (χ3v) is 1.59. The molecule has 0 bridgehead atoms. The Bertz CT molecular complexity index is 244. The van der Waals surface area contributed by atoms with Gasteiger partial charge in [-0.05, 0) is 12.1 Å². The zero-order chi connectivity index (χ0) is 9.52. The molecular formula is C11H14O2. The summed E-state index contributed by atoms with van der Waals surface area (Å²) < 4.78 is 10.6. The Balaban J connectivity index is 2.51. The number of ether oxygens (including phenoxy) is 2. The first-order valence-corrected chi connectivity index (χ1v) is 4.35. The Kier molecular flexibility index (Phi) is 3.89. The highest BCUT2D eigenvalue weighted by Crippen LogP contribution is 2.12. The summed E-state index contributed by atoms with van der Waals surface area (Å²) in [7, 11) is 0. The molecule has 0 amide bonds. The monoisotopic (exact) mass is 178 g/mol. The van der Waals surface area contributed by atoms with Gasteiger partial charge < -0.3 is 9.47 Å². The summed E-state index contributed by atoms with van der Waals surface area (Å²) in [5.41, 5.74) is 0. The van der Waals surface area contributed by atoms with Crippen molar-refractivity contribution in [2.75, 3.05) is 0 Å². The molecule has 0 aromatic heterocycles. The highest BCUT2D eigenvalue weighted by Gasteiger charge is 2.05. The third kappa shape index (κ3) is 3.20. The van der Waals surface area contributed by atoms with Crippen LogP contribution in [-0.2, 0) is 4.74 Å². The van der Waals surface area contributed by atoms with Crippen molar-refractivity contribution in [3.63, 3.8) is 0 Å². The minimum atomic E-state index is -0.236. The van der Waals surface area contributed by atoms with Crippen LogP contribution in [0.3, 0.4) is 0 Å². The predicted molar refractivity (Wildman–Crippen MR) is 52.4 cm³/mol. The Morgan fingerprint density at radius 3 is 2.62 bits per heavy atom. The number of hydrogen-bond acceptors (Lipinski definition) is 2. The van der Waals surface area contributed by atoms with Gasteiger partial charge in [-0.2, -0.15) is 0 Å². The molecule has 2 nitrogen and oxygen atoms in total. The van der Waals surface area contributed by atoms with E-state index in [1.807, 2.05) is 37.3 Å². The molecule has 1 rings (SSSR count). The van der Waals surface area contributed by atoms with Gasteiger partial charge in [0.2, 0.25) is 6.29 Å². The molecule has 70 valence electrons. The van der Waals surface area contributed by atoms with Gasteiger partial charge in [0.1, 0.15) is 5.75 Å². The smallest absolute Gasteiger partial charge is 0.239 e. The van der Waals surface area contributed by atoms with Crippen LogP contribution in [0.2, 0.25) is 0 Å². The second-order valence-corrected chi connectivity index (χ2v) is 2.57. The standard InChI is InChI=1S/C11H14O2/c1-3-11(12-4-2)13-10-8-6-5-7-9-10/h4-9,11H,2-3H2,1H3. The average molecular weight is 178 g/mol. The Morgan fingerprint density at radius 2 is 2.08 bits per heavy atom. The largest absolute Gasteiger partial charge is 0.463 e. The quantitative estimate of drug-likeness (QED) is 0.509. The van der Waals surface area contributed by atoms with Gasteiger partial charge in [0.15, 0.2) is 0 Å². The summed E-state index contributed by atoms with van der Waals surface area (Å²) in [6.07, 6.45) is 1.96. The van der Waals surface area contributed by atoms with E-state index in [1.54, 1.807) is 0 Å². The Hall–Kier alpha value is -1.44. The van der Waals surface area contributed by atoms with E-state index in [0.717, 1.165) is 12.2 Å². The first-order valence-electron chi connectivity index (χ1n) is 4.35. The molecule has 0 spiro atoms. The predicted octanol–water partition coefficient (Wildman–Crippen LogP) is 2.96. The van der Waals surface area contributed by atoms with Crippen LogP contribution in [0, 0.1) is 0 Å². The summed E-state index contributed by atoms with van der Waals surface area (Å²) in [5.74, 6) is 0.816. The van der Waals surface area contributed by atoms with Crippen LogP contribution in [0.4, 0.5) is 0 Å². The van der Waals surface area contributed by atoms with Gasteiger partial charge in [-0.1, -0.05) is 31.7 Å². The lowest BCUT2D eigenvalue weighted by atomic mass is 10.3. The van der Waals surface area contributed by atoms with E-state index < -0.39 is 0 Å². The number of para-hydroxylation sites is 1. The highest BCUT2D eigenvalue weighted by molar-refractivity contribution is 5.20. The van der Waals surface area contributed by atoms with Gasteiger partial charge in [-0.15, -0.1) is 0 Å². The fourth-order valence-corrected chi connectivity index (χ4v) is 0.966. The molecule has 0 aliphatic carbocycles. The van der Waals surface area contributed by atoms with Crippen LogP contribution < -0.4 is 4.74 Å². The molecule has 0 saturated heterocycles. The van der Waals surface area contributed by atoms with Gasteiger partial charge in [-0.25, -0.2) is 0 Å². The van der Waals surface area contributed by atoms with E-state index in [2.05, 4.69) is 6.58 Å². The van der Waals surface area contributed by atoms with E-state index >= 15 is 0 Å². The molecule has 0 radical (unpaired) electrons. The molecule has 2 heteroatoms. The van der Waals surface area contributed by atoms with Crippen molar-refractivity contribution in [3.05, 3.63) is 43.2 Å². The fraction of sp³-hybridized carbons (Fsp3) is 0.273. The van der Waals surface area contributed by atoms with E-state index in [0.29, 0.717) is 0 Å². The maximum atomic E-state index is 5.51. The minimum absolute atomic E-state index is 0.236. The van der Waals surface area contributed by atoms with Gasteiger partial charge >= 0.3 is 0 Å². The molecule has 1 unspecified atom stereocenters. The molecule has 13 heavy (non-hydrogen) atoms. The van der Waals surface area contributed by atoms with Gasteiger partial charge in [-0.3, -0.25) is 0 Å². The zero-order valence-electron chi connectivity index (χ0n) is 7.77. The van der Waals surface area contributed by atoms with E-state index in [1.165, 1.54) is 6.26 Å². The summed E-state index contributed by atoms with van der Waals surface area (Å²) in [4.78, 5) is 0. The van der Waals surface area contributed by atoms with Gasteiger partial charge in [0.25, 0.3) is 0 Å². The highest BCUT2D eigenvalue weighted by atomic mass is 16.7. The molecule has 1 atom stereocenters. The van der Waals surface area contributed by atoms with E-state index in [4.69, 9.17) is 9.47 Å². The molecule has 0 aliphatic heterocycles. The van der Waals surface area contributed by atoms with Crippen molar-refractivity contribution in [1.29, 1.82) is 0 Å². The SMILES string of the molecule is C=COC(CC)Oc1ccccc1. The van der Waals surface area contributed by atoms with Crippen LogP contribution in [0.15, 0.2) is 43.2 Å². The maximum absolute atomic E-state index is 5.51. The Morgan fingerprint density at radius 1 is 1.38 bits per heavy atom. The molecule has 0 N–H and O–H groups in total. The molecular weight excluding hydrogens is 164 g/mol. The maximum Gasteiger partial charge on any atom is 0.239 e. The summed E-state index contributed by atoms with van der Waals surface area (Å²) in [5, 5.41) is 0. The second-order valence-electron chi connectivity index (χ2n) is 2.57. The lowest BCUT2D eigenvalue weighted by Gasteiger charge is -2.16. The van der Waals surface area contributed by atoms with Gasteiger partial charge in [0, 0.05) is 6.42 Å². The van der Waals surface area contributed by atoms with Gasteiger partial charge in [0.05, 0.1) is 6.26 Å². The Labute approximate surface area is 78.8 Å². The van der Waals surface area contributed by atoms with Crippen LogP contribution in [0.1, 0.15) is 13.3 Å². The van der Waals surface area contributed by atoms with E-state index in [9.17, 15) is 0 Å². The topological polar surface area (TPSA) is 18.5 Å². The van der Waals surface area contributed by atoms with E-state index in [-0.39, 0.29) is 6.29 Å². The minimum Gasteiger partial charge on any atom is -0.463 e. The van der Waals surface area contributed by atoms with Crippen LogP contribution in [0.5, 0.6) is 5.75 Å². The van der Waals surface area contributed by atoms with Crippen LogP contribution >= 0.6 is 0 Å². The molecule has 0 aliphatic rings. The first-order chi connectivity index (χ1) is 6.36. The lowest BCUT2D eigenvalue weighted by molar-refractivity contribution is -0.0309. The summed E-state index contributed by atoms with van der Waals surface area (Å²) in [6, 6.07) is 9.60. The van der Waals surface area contributed by atoms with Crippen LogP contribution in [0.25, 0.3) is 0 Å². The van der Waals surface area contributed by atoms with Crippen LogP contribution in [-0.4, -0.2) is 6.29 Å². The normalized spacial score (nSPS) is 11.8. The lowest BCUT2D eigenvalue weighted by Crippen LogP contribution is -2.16. The van der Waals surface area contributed by atoms with Crippen molar-refractivity contribution in [3.8, 4) is 5.75 Å². The van der Waals surface area contributed by atoms with Crippen molar-refractivity contribution >= 4 is 0 Å². The van der Waals surface area contributed by atoms with Crippen molar-refractivity contribution in [1.82, 2.24) is 0 Å². The number of benzene rings is 1. The molecule has 1 aromatic carbocycles. The second kappa shape index (κ2) is 5.25. The molecule has 0 saturated carbocycles. The molecule has 1 aromatic rings. The summed E-state index contributed by atoms with van der Waals surface area (Å²) in [6.45, 7) is 5.48. The summed E-state index contributed by atoms with van der Waals surface area (Å²) >= 11 is 0. The van der Waals surface area contributed by atoms with Crippen molar-refractivity contribution < 1.29 is 9.47 Å². The van der Waals surface area contributed by atoms with Crippen molar-refractivity contribution in [2.24, 2.45) is 0 Å². The molecule has 0 heterocycles. The van der Waals surface area contributed by atoms with Crippen molar-refractivity contribution in [2.45, 2.75) is 19.6 Å². The average Bonchev–Trinajstić information content (AvgIpc) is 2.19. The third-order valence-electron chi connectivity index (χ3n) is 1.59. The molecule has 0 fully saturated rings.